The molecule has 0 bridgehead atoms. The normalized spacial score (nSPS) is 11.9. The summed E-state index contributed by atoms with van der Waals surface area (Å²) in [5.74, 6) is 1.15. The summed E-state index contributed by atoms with van der Waals surface area (Å²) in [6, 6.07) is 0. The summed E-state index contributed by atoms with van der Waals surface area (Å²) < 4.78 is 12.7. The van der Waals surface area contributed by atoms with E-state index in [9.17, 15) is 4.57 Å². The van der Waals surface area contributed by atoms with Crippen LogP contribution in [0.2, 0.25) is 0 Å². The molecule has 0 aliphatic carbocycles. The molecule has 1 N–H and O–H groups in total. The van der Waals surface area contributed by atoms with Crippen molar-refractivity contribution in [3.63, 3.8) is 0 Å². The van der Waals surface area contributed by atoms with E-state index in [-0.39, 0.29) is 0 Å². The molecule has 0 spiro atoms. The molecule has 0 aliphatic heterocycles. The van der Waals surface area contributed by atoms with E-state index in [4.69, 9.17) is 0 Å². The standard InChI is InChI=1S/C13H30NOPS/c1-4-6-10-16(15,11-7-5-2)12-8-14-9-13-17-3/h14H,4-13H2,1-3H3. The average Bonchev–Trinajstić information content (AvgIpc) is 2.34. The minimum atomic E-state index is -1.87. The van der Waals surface area contributed by atoms with Gasteiger partial charge in [-0.25, -0.2) is 0 Å². The van der Waals surface area contributed by atoms with Crippen molar-refractivity contribution >= 4 is 18.9 Å². The summed E-state index contributed by atoms with van der Waals surface area (Å²) in [6.45, 7) is 6.34. The second-order valence-electron chi connectivity index (χ2n) is 4.68. The predicted molar refractivity (Wildman–Crippen MR) is 83.3 cm³/mol. The quantitative estimate of drug-likeness (QED) is 0.434. The van der Waals surface area contributed by atoms with Crippen LogP contribution in [0.1, 0.15) is 39.5 Å². The van der Waals surface area contributed by atoms with Gasteiger partial charge in [0.05, 0.1) is 7.14 Å². The van der Waals surface area contributed by atoms with Crippen molar-refractivity contribution < 1.29 is 4.57 Å². The SMILES string of the molecule is CCCCP(=O)(CCCC)CCNCCSC. The van der Waals surface area contributed by atoms with Crippen LogP contribution in [-0.4, -0.2) is 43.6 Å². The van der Waals surface area contributed by atoms with Gasteiger partial charge in [0.25, 0.3) is 0 Å². The van der Waals surface area contributed by atoms with E-state index in [0.29, 0.717) is 0 Å². The molecule has 4 heteroatoms. The first-order chi connectivity index (χ1) is 8.18. The fourth-order valence-electron chi connectivity index (χ4n) is 1.81. The molecule has 0 aromatic carbocycles. The van der Waals surface area contributed by atoms with Crippen LogP contribution in [-0.2, 0) is 4.57 Å². The third kappa shape index (κ3) is 10.2. The number of rotatable bonds is 12. The molecule has 0 aromatic heterocycles. The zero-order valence-corrected chi connectivity index (χ0v) is 13.5. The first kappa shape index (κ1) is 17.5. The maximum Gasteiger partial charge on any atom is 0.0890 e. The van der Waals surface area contributed by atoms with Crippen LogP contribution in [0.3, 0.4) is 0 Å². The monoisotopic (exact) mass is 279 g/mol. The molecule has 0 amide bonds. The van der Waals surface area contributed by atoms with Crippen LogP contribution in [0.15, 0.2) is 0 Å². The average molecular weight is 279 g/mol. The van der Waals surface area contributed by atoms with Gasteiger partial charge in [-0.3, -0.25) is 0 Å². The molecule has 0 radical (unpaired) electrons. The molecule has 17 heavy (non-hydrogen) atoms. The van der Waals surface area contributed by atoms with Crippen LogP contribution in [0.5, 0.6) is 0 Å². The lowest BCUT2D eigenvalue weighted by atomic mass is 10.4. The Morgan fingerprint density at radius 2 is 1.59 bits per heavy atom. The molecule has 0 aliphatic rings. The summed E-state index contributed by atoms with van der Waals surface area (Å²) in [5.41, 5.74) is 0. The molecule has 0 fully saturated rings. The fraction of sp³-hybridized carbons (Fsp3) is 1.00. The zero-order chi connectivity index (χ0) is 13.0. The van der Waals surface area contributed by atoms with Crippen molar-refractivity contribution in [2.24, 2.45) is 0 Å². The highest BCUT2D eigenvalue weighted by molar-refractivity contribution is 7.98. The first-order valence-electron chi connectivity index (χ1n) is 6.95. The highest BCUT2D eigenvalue weighted by atomic mass is 32.2. The molecule has 0 rings (SSSR count). The molecule has 0 aromatic rings. The molecule has 104 valence electrons. The van der Waals surface area contributed by atoms with Gasteiger partial charge in [-0.05, 0) is 19.1 Å². The molecule has 0 heterocycles. The molecule has 0 saturated carbocycles. The maximum absolute atomic E-state index is 12.7. The summed E-state index contributed by atoms with van der Waals surface area (Å²) in [5, 5.41) is 3.40. The summed E-state index contributed by atoms with van der Waals surface area (Å²) in [6.07, 6.45) is 9.54. The van der Waals surface area contributed by atoms with E-state index in [0.717, 1.165) is 63.0 Å². The van der Waals surface area contributed by atoms with Crippen LogP contribution in [0, 0.1) is 0 Å². The van der Waals surface area contributed by atoms with Crippen molar-refractivity contribution in [1.29, 1.82) is 0 Å². The van der Waals surface area contributed by atoms with Crippen molar-refractivity contribution in [2.75, 3.05) is 43.6 Å². The Balaban J connectivity index is 3.87. The lowest BCUT2D eigenvalue weighted by Gasteiger charge is -2.18. The van der Waals surface area contributed by atoms with Gasteiger partial charge >= 0.3 is 0 Å². The van der Waals surface area contributed by atoms with Crippen LogP contribution in [0.25, 0.3) is 0 Å². The van der Waals surface area contributed by atoms with Gasteiger partial charge in [-0.1, -0.05) is 26.7 Å². The molecule has 2 nitrogen and oxygen atoms in total. The minimum absolute atomic E-state index is 0.904. The molecule has 0 atom stereocenters. The van der Waals surface area contributed by atoms with Crippen LogP contribution >= 0.6 is 18.9 Å². The van der Waals surface area contributed by atoms with E-state index in [1.54, 1.807) is 0 Å². The van der Waals surface area contributed by atoms with Crippen molar-refractivity contribution in [1.82, 2.24) is 5.32 Å². The second-order valence-corrected chi connectivity index (χ2v) is 9.12. The van der Waals surface area contributed by atoms with Gasteiger partial charge in [-0.15, -0.1) is 0 Å². The number of hydrogen-bond acceptors (Lipinski definition) is 3. The molecule has 0 unspecified atom stereocenters. The van der Waals surface area contributed by atoms with Crippen molar-refractivity contribution in [2.45, 2.75) is 39.5 Å². The molecular weight excluding hydrogens is 249 g/mol. The first-order valence-corrected chi connectivity index (χ1v) is 10.6. The number of hydrogen-bond donors (Lipinski definition) is 1. The van der Waals surface area contributed by atoms with Gasteiger partial charge in [0.1, 0.15) is 0 Å². The Morgan fingerprint density at radius 3 is 2.06 bits per heavy atom. The van der Waals surface area contributed by atoms with E-state index >= 15 is 0 Å². The van der Waals surface area contributed by atoms with Gasteiger partial charge in [0.2, 0.25) is 0 Å². The van der Waals surface area contributed by atoms with Crippen molar-refractivity contribution in [3.8, 4) is 0 Å². The Labute approximate surface area is 112 Å². The molecular formula is C13H30NOPS. The van der Waals surface area contributed by atoms with Crippen LogP contribution < -0.4 is 5.32 Å². The molecule has 0 saturated heterocycles. The summed E-state index contributed by atoms with van der Waals surface area (Å²) in [4.78, 5) is 0. The number of unbranched alkanes of at least 4 members (excludes halogenated alkanes) is 2. The summed E-state index contributed by atoms with van der Waals surface area (Å²) >= 11 is 1.86. The number of nitrogens with one attached hydrogen (secondary N) is 1. The lowest BCUT2D eigenvalue weighted by Crippen LogP contribution is -2.22. The van der Waals surface area contributed by atoms with Gasteiger partial charge in [0.15, 0.2) is 0 Å². The van der Waals surface area contributed by atoms with Gasteiger partial charge in [0, 0.05) is 37.3 Å². The van der Waals surface area contributed by atoms with Crippen LogP contribution in [0.4, 0.5) is 0 Å². The third-order valence-corrected chi connectivity index (χ3v) is 6.93. The Kier molecular flexibility index (Phi) is 12.0. The zero-order valence-electron chi connectivity index (χ0n) is 11.8. The Morgan fingerprint density at radius 1 is 1.00 bits per heavy atom. The largest absolute Gasteiger partial charge is 0.324 e. The van der Waals surface area contributed by atoms with E-state index < -0.39 is 7.14 Å². The third-order valence-electron chi connectivity index (χ3n) is 3.02. The second kappa shape index (κ2) is 11.6. The topological polar surface area (TPSA) is 29.1 Å². The Hall–Kier alpha value is 0.540. The fourth-order valence-corrected chi connectivity index (χ4v) is 5.18. The van der Waals surface area contributed by atoms with E-state index in [2.05, 4.69) is 25.4 Å². The smallest absolute Gasteiger partial charge is 0.0890 e. The van der Waals surface area contributed by atoms with Gasteiger partial charge < -0.3 is 9.88 Å². The Bertz CT molecular complexity index is 200. The van der Waals surface area contributed by atoms with E-state index in [1.165, 1.54) is 0 Å². The maximum atomic E-state index is 12.7. The van der Waals surface area contributed by atoms with Gasteiger partial charge in [-0.2, -0.15) is 11.8 Å². The highest BCUT2D eigenvalue weighted by Gasteiger charge is 2.19. The lowest BCUT2D eigenvalue weighted by molar-refractivity contribution is 0.567. The van der Waals surface area contributed by atoms with Crippen molar-refractivity contribution in [3.05, 3.63) is 0 Å². The predicted octanol–water partition coefficient (Wildman–Crippen LogP) is 3.90. The summed E-state index contributed by atoms with van der Waals surface area (Å²) in [7, 11) is -1.87. The number of thioether (sulfide) groups is 1. The minimum Gasteiger partial charge on any atom is -0.324 e. The highest BCUT2D eigenvalue weighted by Crippen LogP contribution is 2.46. The van der Waals surface area contributed by atoms with E-state index in [1.807, 2.05) is 11.8 Å².